The van der Waals surface area contributed by atoms with Crippen molar-refractivity contribution in [1.29, 1.82) is 0 Å². The highest BCUT2D eigenvalue weighted by atomic mass is 19.4. The van der Waals surface area contributed by atoms with E-state index in [1.807, 2.05) is 81.7 Å². The van der Waals surface area contributed by atoms with Gasteiger partial charge in [-0.1, -0.05) is 56.3 Å². The molecule has 6 nitrogen and oxygen atoms in total. The Morgan fingerprint density at radius 2 is 1.60 bits per heavy atom. The number of alkyl halides is 3. The lowest BCUT2D eigenvalue weighted by molar-refractivity contribution is -0.137. The predicted octanol–water partition coefficient (Wildman–Crippen LogP) is 6.34. The molecule has 0 bridgehead atoms. The van der Waals surface area contributed by atoms with Crippen LogP contribution in [-0.2, 0) is 6.18 Å². The molecule has 4 rings (SSSR count). The topological polar surface area (TPSA) is 78.5 Å². The van der Waals surface area contributed by atoms with Gasteiger partial charge in [-0.25, -0.2) is 0 Å². The van der Waals surface area contributed by atoms with Gasteiger partial charge in [-0.2, -0.15) is 13.2 Å². The molecule has 9 heteroatoms. The summed E-state index contributed by atoms with van der Waals surface area (Å²) in [6.07, 6.45) is -2.48. The molecular formula is C31H38F3N3O3. The highest BCUT2D eigenvalue weighted by Crippen LogP contribution is 2.32. The quantitative estimate of drug-likeness (QED) is 0.164. The number of aliphatic hydroxyl groups is 1. The molecule has 0 fully saturated rings. The number of nitrogens with one attached hydrogen (secondary N) is 3. The Morgan fingerprint density at radius 1 is 0.925 bits per heavy atom. The predicted molar refractivity (Wildman–Crippen MR) is 153 cm³/mol. The van der Waals surface area contributed by atoms with Gasteiger partial charge in [0, 0.05) is 36.1 Å². The van der Waals surface area contributed by atoms with Crippen LogP contribution in [0.15, 0.2) is 85.1 Å². The number of rotatable bonds is 12. The van der Waals surface area contributed by atoms with Crippen molar-refractivity contribution >= 4 is 10.9 Å². The number of fused-ring (bicyclic) bond motifs is 1. The summed E-state index contributed by atoms with van der Waals surface area (Å²) < 4.78 is 49.2. The first-order valence-corrected chi connectivity index (χ1v) is 13.3. The van der Waals surface area contributed by atoms with Crippen LogP contribution in [-0.4, -0.2) is 49.0 Å². The number of benzene rings is 3. The number of aromatic nitrogens is 1. The Morgan fingerprint density at radius 3 is 2.25 bits per heavy atom. The summed E-state index contributed by atoms with van der Waals surface area (Å²) in [7, 11) is 1.85. The standard InChI is InChI=1S/C17H18F3NO.C14H20N2O2/c1-21-12-11-16(13-5-3-2-4-6-13)22-15-9-7-14(8-10-15)17(18,19)20;1-10(2)15-7-11(17)9-18-14-8-16-13-6-4-3-5-12(13)14/h2-10,16,21H,11-12H2,1H3;3-6,8,10-11,15-17H,7,9H2,1-2H3. The second-order valence-corrected chi connectivity index (χ2v) is 9.66. The number of hydrogen-bond acceptors (Lipinski definition) is 5. The number of aromatic amines is 1. The fraction of sp³-hybridized carbons (Fsp3) is 0.355. The summed E-state index contributed by atoms with van der Waals surface area (Å²) in [4.78, 5) is 3.14. The molecule has 40 heavy (non-hydrogen) atoms. The van der Waals surface area contributed by atoms with Gasteiger partial charge in [-0.05, 0) is 55.6 Å². The van der Waals surface area contributed by atoms with Gasteiger partial charge >= 0.3 is 6.18 Å². The number of aliphatic hydroxyl groups excluding tert-OH is 1. The monoisotopic (exact) mass is 557 g/mol. The number of halogens is 3. The van der Waals surface area contributed by atoms with Crippen LogP contribution in [0, 0.1) is 0 Å². The molecule has 2 unspecified atom stereocenters. The maximum absolute atomic E-state index is 12.6. The van der Waals surface area contributed by atoms with E-state index in [9.17, 15) is 18.3 Å². The molecule has 4 N–H and O–H groups in total. The van der Waals surface area contributed by atoms with Gasteiger partial charge in [0.25, 0.3) is 0 Å². The maximum Gasteiger partial charge on any atom is 0.416 e. The molecule has 2 atom stereocenters. The van der Waals surface area contributed by atoms with Crippen molar-refractivity contribution in [3.05, 3.63) is 96.2 Å². The normalized spacial score (nSPS) is 13.0. The van der Waals surface area contributed by atoms with Crippen LogP contribution < -0.4 is 20.1 Å². The molecule has 0 aliphatic rings. The van der Waals surface area contributed by atoms with Crippen LogP contribution in [0.1, 0.15) is 37.5 Å². The van der Waals surface area contributed by atoms with Crippen molar-refractivity contribution in [2.24, 2.45) is 0 Å². The Labute approximate surface area is 233 Å². The molecule has 0 saturated carbocycles. The van der Waals surface area contributed by atoms with Crippen molar-refractivity contribution in [3.63, 3.8) is 0 Å². The van der Waals surface area contributed by atoms with Gasteiger partial charge in [-0.15, -0.1) is 0 Å². The van der Waals surface area contributed by atoms with E-state index >= 15 is 0 Å². The number of ether oxygens (including phenoxy) is 2. The molecule has 0 spiro atoms. The average Bonchev–Trinajstić information content (AvgIpc) is 3.37. The minimum atomic E-state index is -4.33. The van der Waals surface area contributed by atoms with Gasteiger partial charge in [0.05, 0.1) is 5.56 Å². The number of hydrogen-bond donors (Lipinski definition) is 4. The molecule has 0 aliphatic carbocycles. The summed E-state index contributed by atoms with van der Waals surface area (Å²) >= 11 is 0. The van der Waals surface area contributed by atoms with E-state index in [1.165, 1.54) is 12.1 Å². The van der Waals surface area contributed by atoms with E-state index in [0.29, 0.717) is 24.9 Å². The third-order valence-corrected chi connectivity index (χ3v) is 6.03. The second-order valence-electron chi connectivity index (χ2n) is 9.66. The summed E-state index contributed by atoms with van der Waals surface area (Å²) in [5, 5.41) is 17.0. The molecule has 3 aromatic carbocycles. The van der Waals surface area contributed by atoms with Crippen LogP contribution in [0.4, 0.5) is 13.2 Å². The van der Waals surface area contributed by atoms with Gasteiger partial charge in [-0.3, -0.25) is 0 Å². The molecule has 0 saturated heterocycles. The lowest BCUT2D eigenvalue weighted by Crippen LogP contribution is -2.35. The Kier molecular flexibility index (Phi) is 11.9. The number of para-hydroxylation sites is 1. The van der Waals surface area contributed by atoms with Crippen LogP contribution >= 0.6 is 0 Å². The third-order valence-electron chi connectivity index (χ3n) is 6.03. The first kappa shape index (κ1) is 31.0. The van der Waals surface area contributed by atoms with Crippen molar-refractivity contribution in [2.45, 2.75) is 44.7 Å². The fourth-order valence-electron chi connectivity index (χ4n) is 3.90. The summed E-state index contributed by atoms with van der Waals surface area (Å²) in [6, 6.07) is 22.7. The summed E-state index contributed by atoms with van der Waals surface area (Å²) in [5.41, 5.74) is 1.37. The van der Waals surface area contributed by atoms with E-state index in [4.69, 9.17) is 9.47 Å². The molecule has 1 heterocycles. The Bertz CT molecular complexity index is 1260. The van der Waals surface area contributed by atoms with Crippen molar-refractivity contribution in [2.75, 3.05) is 26.7 Å². The SMILES string of the molecule is CC(C)NCC(O)COc1c[nH]c2ccccc12.CNCCC(Oc1ccc(C(F)(F)F)cc1)c1ccccc1. The van der Waals surface area contributed by atoms with Crippen molar-refractivity contribution in [3.8, 4) is 11.5 Å². The zero-order valence-corrected chi connectivity index (χ0v) is 23.0. The van der Waals surface area contributed by atoms with E-state index in [-0.39, 0.29) is 6.10 Å². The fourth-order valence-corrected chi connectivity index (χ4v) is 3.90. The molecule has 0 aliphatic heterocycles. The average molecular weight is 558 g/mol. The lowest BCUT2D eigenvalue weighted by atomic mass is 10.1. The van der Waals surface area contributed by atoms with Gasteiger partial charge in [0.2, 0.25) is 0 Å². The molecule has 0 radical (unpaired) electrons. The van der Waals surface area contributed by atoms with Crippen LogP contribution in [0.5, 0.6) is 11.5 Å². The highest BCUT2D eigenvalue weighted by molar-refractivity contribution is 5.85. The van der Waals surface area contributed by atoms with Crippen LogP contribution in [0.3, 0.4) is 0 Å². The Hall–Kier alpha value is -3.53. The largest absolute Gasteiger partial charge is 0.489 e. The summed E-state index contributed by atoms with van der Waals surface area (Å²) in [6.45, 7) is 5.68. The van der Waals surface area contributed by atoms with Crippen LogP contribution in [0.25, 0.3) is 10.9 Å². The Balaban J connectivity index is 0.000000225. The molecular weight excluding hydrogens is 519 g/mol. The third kappa shape index (κ3) is 9.89. The molecule has 216 valence electrons. The van der Waals surface area contributed by atoms with Gasteiger partial charge < -0.3 is 30.2 Å². The molecule has 0 amide bonds. The molecule has 4 aromatic rings. The highest BCUT2D eigenvalue weighted by Gasteiger charge is 2.30. The number of H-pyrrole nitrogens is 1. The van der Waals surface area contributed by atoms with Crippen molar-refractivity contribution < 1.29 is 27.8 Å². The van der Waals surface area contributed by atoms with Gasteiger partial charge in [0.1, 0.15) is 30.3 Å². The van der Waals surface area contributed by atoms with Crippen molar-refractivity contribution in [1.82, 2.24) is 15.6 Å². The first-order valence-electron chi connectivity index (χ1n) is 13.3. The minimum Gasteiger partial charge on any atom is -0.489 e. The molecule has 1 aromatic heterocycles. The second kappa shape index (κ2) is 15.3. The first-order chi connectivity index (χ1) is 19.2. The lowest BCUT2D eigenvalue weighted by Gasteiger charge is -2.20. The van der Waals surface area contributed by atoms with E-state index < -0.39 is 17.8 Å². The van der Waals surface area contributed by atoms with Crippen LogP contribution in [0.2, 0.25) is 0 Å². The summed E-state index contributed by atoms with van der Waals surface area (Å²) in [5.74, 6) is 1.21. The zero-order chi connectivity index (χ0) is 29.0. The van der Waals surface area contributed by atoms with Gasteiger partial charge in [0.15, 0.2) is 0 Å². The zero-order valence-electron chi connectivity index (χ0n) is 23.0. The minimum absolute atomic E-state index is 0.203. The van der Waals surface area contributed by atoms with E-state index in [1.54, 1.807) is 0 Å². The maximum atomic E-state index is 12.6. The van der Waals surface area contributed by atoms with E-state index in [0.717, 1.165) is 47.3 Å². The smallest absolute Gasteiger partial charge is 0.416 e. The van der Waals surface area contributed by atoms with E-state index in [2.05, 4.69) is 15.6 Å².